The van der Waals surface area contributed by atoms with Crippen LogP contribution in [0, 0.1) is 17.6 Å². The molecule has 2 N–H and O–H groups in total. The largest absolute Gasteiger partial charge is 0.341 e. The topological polar surface area (TPSA) is 46.3 Å². The maximum absolute atomic E-state index is 13.3. The summed E-state index contributed by atoms with van der Waals surface area (Å²) < 4.78 is 26.3. The number of hydrogen-bond acceptors (Lipinski definition) is 2. The van der Waals surface area contributed by atoms with Crippen molar-refractivity contribution in [1.29, 1.82) is 0 Å². The van der Waals surface area contributed by atoms with Crippen LogP contribution < -0.4 is 5.73 Å². The molecule has 1 fully saturated rings. The van der Waals surface area contributed by atoms with E-state index in [0.29, 0.717) is 25.2 Å². The lowest BCUT2D eigenvalue weighted by Gasteiger charge is -2.17. The standard InChI is InChI=1S/C19H20F2N2O.ClH/c20-17-7-6-13(8-18(17)21)9-19(24)23-11-15(10-22)16(12-23)14-4-2-1-3-5-14;/h1-8,15-16H,9-12,22H2;1H/t15-,16+;/m1./s1. The zero-order valence-corrected chi connectivity index (χ0v) is 14.5. The van der Waals surface area contributed by atoms with E-state index >= 15 is 0 Å². The van der Waals surface area contributed by atoms with Crippen molar-refractivity contribution in [2.45, 2.75) is 12.3 Å². The fourth-order valence-electron chi connectivity index (χ4n) is 3.33. The summed E-state index contributed by atoms with van der Waals surface area (Å²) in [5.74, 6) is -1.49. The molecule has 0 saturated carbocycles. The smallest absolute Gasteiger partial charge is 0.227 e. The fraction of sp³-hybridized carbons (Fsp3) is 0.316. The minimum Gasteiger partial charge on any atom is -0.341 e. The van der Waals surface area contributed by atoms with Gasteiger partial charge in [0.1, 0.15) is 0 Å². The van der Waals surface area contributed by atoms with Crippen LogP contribution in [0.1, 0.15) is 17.0 Å². The molecular formula is C19H21ClF2N2O. The minimum atomic E-state index is -0.927. The first-order valence-corrected chi connectivity index (χ1v) is 8.05. The van der Waals surface area contributed by atoms with Crippen LogP contribution in [0.5, 0.6) is 0 Å². The maximum atomic E-state index is 13.3. The van der Waals surface area contributed by atoms with Crippen LogP contribution in [-0.2, 0) is 11.2 Å². The molecule has 134 valence electrons. The molecule has 0 unspecified atom stereocenters. The van der Waals surface area contributed by atoms with Gasteiger partial charge in [-0.25, -0.2) is 8.78 Å². The van der Waals surface area contributed by atoms with Crippen molar-refractivity contribution in [2.24, 2.45) is 11.7 Å². The van der Waals surface area contributed by atoms with Gasteiger partial charge in [-0.15, -0.1) is 12.4 Å². The third-order valence-electron chi connectivity index (χ3n) is 4.66. The minimum absolute atomic E-state index is 0. The Morgan fingerprint density at radius 1 is 1.08 bits per heavy atom. The SMILES string of the molecule is Cl.NC[C@@H]1CN(C(=O)Cc2ccc(F)c(F)c2)C[C@H]1c1ccccc1. The molecule has 3 rings (SSSR count). The summed E-state index contributed by atoms with van der Waals surface area (Å²) in [6.07, 6.45) is 0.0655. The van der Waals surface area contributed by atoms with Crippen LogP contribution in [0.4, 0.5) is 8.78 Å². The number of nitrogens with zero attached hydrogens (tertiary/aromatic N) is 1. The molecule has 1 heterocycles. The maximum Gasteiger partial charge on any atom is 0.227 e. The second-order valence-electron chi connectivity index (χ2n) is 6.24. The van der Waals surface area contributed by atoms with Crippen LogP contribution in [0.15, 0.2) is 48.5 Å². The van der Waals surface area contributed by atoms with Crippen LogP contribution in [0.3, 0.4) is 0 Å². The highest BCUT2D eigenvalue weighted by Gasteiger charge is 2.35. The first-order chi connectivity index (χ1) is 11.6. The molecule has 0 spiro atoms. The van der Waals surface area contributed by atoms with Crippen LogP contribution in [-0.4, -0.2) is 30.4 Å². The van der Waals surface area contributed by atoms with E-state index in [1.165, 1.54) is 11.6 Å². The van der Waals surface area contributed by atoms with Gasteiger partial charge in [0.05, 0.1) is 6.42 Å². The second kappa shape index (κ2) is 8.41. The Kier molecular flexibility index (Phi) is 6.51. The highest BCUT2D eigenvalue weighted by atomic mass is 35.5. The predicted octanol–water partition coefficient (Wildman–Crippen LogP) is 3.13. The summed E-state index contributed by atoms with van der Waals surface area (Å²) in [6, 6.07) is 13.6. The summed E-state index contributed by atoms with van der Waals surface area (Å²) in [4.78, 5) is 14.3. The first-order valence-electron chi connectivity index (χ1n) is 8.05. The summed E-state index contributed by atoms with van der Waals surface area (Å²) >= 11 is 0. The molecule has 0 bridgehead atoms. The van der Waals surface area contributed by atoms with Gasteiger partial charge in [0.15, 0.2) is 11.6 Å². The molecule has 1 saturated heterocycles. The van der Waals surface area contributed by atoms with Crippen molar-refractivity contribution >= 4 is 18.3 Å². The molecule has 0 aliphatic carbocycles. The molecule has 2 atom stereocenters. The molecule has 0 aromatic heterocycles. The molecule has 3 nitrogen and oxygen atoms in total. The number of halogens is 3. The van der Waals surface area contributed by atoms with Crippen LogP contribution in [0.25, 0.3) is 0 Å². The van der Waals surface area contributed by atoms with Gasteiger partial charge in [-0.3, -0.25) is 4.79 Å². The number of carbonyl (C=O) groups is 1. The molecule has 2 aromatic carbocycles. The van der Waals surface area contributed by atoms with E-state index in [9.17, 15) is 13.6 Å². The molecular weight excluding hydrogens is 346 g/mol. The average Bonchev–Trinajstić information content (AvgIpc) is 3.03. The van der Waals surface area contributed by atoms with Crippen molar-refractivity contribution in [3.8, 4) is 0 Å². The normalized spacial score (nSPS) is 19.6. The quantitative estimate of drug-likeness (QED) is 0.903. The number of benzene rings is 2. The first kappa shape index (κ1) is 19.3. The van der Waals surface area contributed by atoms with Crippen LogP contribution in [0.2, 0.25) is 0 Å². The van der Waals surface area contributed by atoms with E-state index < -0.39 is 11.6 Å². The summed E-state index contributed by atoms with van der Waals surface area (Å²) in [7, 11) is 0. The van der Waals surface area contributed by atoms with Crippen molar-refractivity contribution in [3.05, 3.63) is 71.3 Å². The zero-order chi connectivity index (χ0) is 17.1. The van der Waals surface area contributed by atoms with Crippen LogP contribution >= 0.6 is 12.4 Å². The van der Waals surface area contributed by atoms with E-state index in [1.54, 1.807) is 4.90 Å². The van der Waals surface area contributed by atoms with Gasteiger partial charge in [0.25, 0.3) is 0 Å². The van der Waals surface area contributed by atoms with Crippen molar-refractivity contribution in [1.82, 2.24) is 4.90 Å². The number of amides is 1. The second-order valence-corrected chi connectivity index (χ2v) is 6.24. The fourth-order valence-corrected chi connectivity index (χ4v) is 3.33. The molecule has 2 aromatic rings. The number of carbonyl (C=O) groups excluding carboxylic acids is 1. The number of nitrogens with two attached hydrogens (primary N) is 1. The number of likely N-dealkylation sites (tertiary alicyclic amines) is 1. The summed E-state index contributed by atoms with van der Waals surface area (Å²) in [5, 5.41) is 0. The number of rotatable bonds is 4. The highest BCUT2D eigenvalue weighted by Crippen LogP contribution is 2.32. The Balaban J connectivity index is 0.00000225. The van der Waals surface area contributed by atoms with Gasteiger partial charge < -0.3 is 10.6 Å². The third kappa shape index (κ3) is 4.35. The van der Waals surface area contributed by atoms with Crippen molar-refractivity contribution in [3.63, 3.8) is 0 Å². The Morgan fingerprint density at radius 3 is 2.44 bits per heavy atom. The lowest BCUT2D eigenvalue weighted by atomic mass is 9.89. The van der Waals surface area contributed by atoms with Gasteiger partial charge >= 0.3 is 0 Å². The van der Waals surface area contributed by atoms with Crippen molar-refractivity contribution < 1.29 is 13.6 Å². The Hall–Kier alpha value is -1.98. The number of hydrogen-bond donors (Lipinski definition) is 1. The predicted molar refractivity (Wildman–Crippen MR) is 95.6 cm³/mol. The molecule has 25 heavy (non-hydrogen) atoms. The molecule has 1 aliphatic heterocycles. The van der Waals surface area contributed by atoms with Crippen molar-refractivity contribution in [2.75, 3.05) is 19.6 Å². The Morgan fingerprint density at radius 2 is 1.80 bits per heavy atom. The van der Waals surface area contributed by atoms with E-state index in [4.69, 9.17) is 5.73 Å². The average molecular weight is 367 g/mol. The molecule has 0 radical (unpaired) electrons. The molecule has 1 amide bonds. The molecule has 1 aliphatic rings. The van der Waals surface area contributed by atoms with E-state index in [0.717, 1.165) is 12.1 Å². The van der Waals surface area contributed by atoms with Gasteiger partial charge in [0, 0.05) is 19.0 Å². The lowest BCUT2D eigenvalue weighted by molar-refractivity contribution is -0.129. The summed E-state index contributed by atoms with van der Waals surface area (Å²) in [6.45, 7) is 1.71. The van der Waals surface area contributed by atoms with E-state index in [-0.39, 0.29) is 36.6 Å². The Bertz CT molecular complexity index is 727. The Labute approximate surface area is 152 Å². The zero-order valence-electron chi connectivity index (χ0n) is 13.7. The van der Waals surface area contributed by atoms with Gasteiger partial charge in [0.2, 0.25) is 5.91 Å². The summed E-state index contributed by atoms with van der Waals surface area (Å²) in [5.41, 5.74) is 7.54. The lowest BCUT2D eigenvalue weighted by Crippen LogP contribution is -2.31. The van der Waals surface area contributed by atoms with E-state index in [2.05, 4.69) is 12.1 Å². The molecule has 6 heteroatoms. The van der Waals surface area contributed by atoms with Gasteiger partial charge in [-0.2, -0.15) is 0 Å². The van der Waals surface area contributed by atoms with Gasteiger partial charge in [-0.1, -0.05) is 36.4 Å². The monoisotopic (exact) mass is 366 g/mol. The highest BCUT2D eigenvalue weighted by molar-refractivity contribution is 5.85. The van der Waals surface area contributed by atoms with Gasteiger partial charge in [-0.05, 0) is 35.7 Å². The van der Waals surface area contributed by atoms with E-state index in [1.807, 2.05) is 18.2 Å². The third-order valence-corrected chi connectivity index (χ3v) is 4.66.